The zero-order valence-electron chi connectivity index (χ0n) is 4.70. The number of hydrogen-bond acceptors (Lipinski definition) is 3. The fourth-order valence-corrected chi connectivity index (χ4v) is 0.260. The highest BCUT2D eigenvalue weighted by Crippen LogP contribution is 1.73. The van der Waals surface area contributed by atoms with E-state index in [0.717, 1.165) is 0 Å². The summed E-state index contributed by atoms with van der Waals surface area (Å²) in [6, 6.07) is 0. The van der Waals surface area contributed by atoms with Gasteiger partial charge in [0.2, 0.25) is 12.3 Å². The topological polar surface area (TPSA) is 92.4 Å². The van der Waals surface area contributed by atoms with Gasteiger partial charge in [-0.25, -0.2) is 0 Å². The molecule has 52 valence electrons. The summed E-state index contributed by atoms with van der Waals surface area (Å²) in [5.74, 6) is -0.843. The van der Waals surface area contributed by atoms with Crippen LogP contribution in [0.2, 0.25) is 0 Å². The van der Waals surface area contributed by atoms with Gasteiger partial charge in [-0.05, 0) is 0 Å². The Hall–Kier alpha value is -1.10. The summed E-state index contributed by atoms with van der Waals surface area (Å²) in [7, 11) is 0. The SMILES string of the molecule is NC(=O)C(O)CNC=O. The van der Waals surface area contributed by atoms with E-state index in [1.54, 1.807) is 0 Å². The van der Waals surface area contributed by atoms with Gasteiger partial charge in [0.15, 0.2) is 0 Å². The molecule has 9 heavy (non-hydrogen) atoms. The fourth-order valence-electron chi connectivity index (χ4n) is 0.260. The average molecular weight is 132 g/mol. The van der Waals surface area contributed by atoms with Crippen molar-refractivity contribution in [3.63, 3.8) is 0 Å². The van der Waals surface area contributed by atoms with Gasteiger partial charge in [0.05, 0.1) is 6.54 Å². The maximum atomic E-state index is 10.0. The molecule has 0 radical (unpaired) electrons. The number of rotatable bonds is 4. The summed E-state index contributed by atoms with van der Waals surface area (Å²) in [5.41, 5.74) is 4.63. The van der Waals surface area contributed by atoms with E-state index >= 15 is 0 Å². The number of primary amides is 1. The smallest absolute Gasteiger partial charge is 0.248 e. The van der Waals surface area contributed by atoms with E-state index in [-0.39, 0.29) is 6.54 Å². The Morgan fingerprint density at radius 2 is 2.44 bits per heavy atom. The molecule has 0 bridgehead atoms. The minimum atomic E-state index is -1.28. The van der Waals surface area contributed by atoms with E-state index in [1.165, 1.54) is 0 Å². The summed E-state index contributed by atoms with van der Waals surface area (Å²) in [5, 5.41) is 10.7. The lowest BCUT2D eigenvalue weighted by Gasteiger charge is -2.02. The lowest BCUT2D eigenvalue weighted by Crippen LogP contribution is -2.37. The first-order valence-electron chi connectivity index (χ1n) is 2.33. The third kappa shape index (κ3) is 3.48. The van der Waals surface area contributed by atoms with E-state index in [4.69, 9.17) is 5.11 Å². The van der Waals surface area contributed by atoms with E-state index in [1.807, 2.05) is 0 Å². The Kier molecular flexibility index (Phi) is 3.38. The maximum Gasteiger partial charge on any atom is 0.248 e. The molecule has 2 amide bonds. The lowest BCUT2D eigenvalue weighted by molar-refractivity contribution is -0.126. The van der Waals surface area contributed by atoms with Crippen LogP contribution in [0, 0.1) is 0 Å². The molecule has 1 atom stereocenters. The first-order valence-corrected chi connectivity index (χ1v) is 2.33. The van der Waals surface area contributed by atoms with Crippen molar-refractivity contribution in [3.05, 3.63) is 0 Å². The molecule has 0 aliphatic carbocycles. The molecule has 0 spiro atoms. The quantitative estimate of drug-likeness (QED) is 0.371. The summed E-state index contributed by atoms with van der Waals surface area (Å²) in [6.07, 6.45) is -0.901. The van der Waals surface area contributed by atoms with Gasteiger partial charge in [0.1, 0.15) is 6.10 Å². The number of amides is 2. The van der Waals surface area contributed by atoms with Gasteiger partial charge in [-0.1, -0.05) is 0 Å². The largest absolute Gasteiger partial charge is 0.381 e. The second kappa shape index (κ2) is 3.85. The molecular formula is C4H8N2O3. The zero-order valence-corrected chi connectivity index (χ0v) is 4.70. The van der Waals surface area contributed by atoms with E-state index < -0.39 is 12.0 Å². The van der Waals surface area contributed by atoms with Crippen molar-refractivity contribution < 1.29 is 14.7 Å². The zero-order chi connectivity index (χ0) is 7.28. The van der Waals surface area contributed by atoms with Crippen LogP contribution in [-0.4, -0.2) is 30.1 Å². The van der Waals surface area contributed by atoms with Gasteiger partial charge in [-0.15, -0.1) is 0 Å². The Morgan fingerprint density at radius 1 is 1.89 bits per heavy atom. The third-order valence-corrected chi connectivity index (χ3v) is 0.723. The molecule has 0 aromatic carbocycles. The first kappa shape index (κ1) is 7.90. The molecule has 0 aliphatic rings. The number of nitrogens with two attached hydrogens (primary N) is 1. The summed E-state index contributed by atoms with van der Waals surface area (Å²) in [6.45, 7) is -0.126. The Labute approximate surface area is 51.8 Å². The summed E-state index contributed by atoms with van der Waals surface area (Å²) < 4.78 is 0. The molecule has 0 aromatic rings. The minimum Gasteiger partial charge on any atom is -0.381 e. The number of nitrogens with one attached hydrogen (secondary N) is 1. The van der Waals surface area contributed by atoms with Crippen molar-refractivity contribution in [2.45, 2.75) is 6.10 Å². The fraction of sp³-hybridized carbons (Fsp3) is 0.500. The molecule has 0 fully saturated rings. The molecule has 0 aliphatic heterocycles. The van der Waals surface area contributed by atoms with Crippen LogP contribution in [-0.2, 0) is 9.59 Å². The third-order valence-electron chi connectivity index (χ3n) is 0.723. The van der Waals surface area contributed by atoms with Crippen molar-refractivity contribution in [1.29, 1.82) is 0 Å². The number of carbonyl (C=O) groups is 2. The monoisotopic (exact) mass is 132 g/mol. The molecule has 0 saturated heterocycles. The highest BCUT2D eigenvalue weighted by molar-refractivity contribution is 5.79. The molecule has 0 aromatic heterocycles. The lowest BCUT2D eigenvalue weighted by atomic mass is 10.3. The van der Waals surface area contributed by atoms with Crippen molar-refractivity contribution in [3.8, 4) is 0 Å². The second-order valence-corrected chi connectivity index (χ2v) is 1.44. The maximum absolute atomic E-state index is 10.0. The van der Waals surface area contributed by atoms with Crippen LogP contribution in [0.25, 0.3) is 0 Å². The Morgan fingerprint density at radius 3 is 2.78 bits per heavy atom. The number of carbonyl (C=O) groups excluding carboxylic acids is 2. The van der Waals surface area contributed by atoms with E-state index in [9.17, 15) is 9.59 Å². The Bertz CT molecular complexity index is 114. The van der Waals surface area contributed by atoms with Crippen LogP contribution in [0.1, 0.15) is 0 Å². The normalized spacial score (nSPS) is 12.1. The predicted molar refractivity (Wildman–Crippen MR) is 29.3 cm³/mol. The van der Waals surface area contributed by atoms with Crippen LogP contribution < -0.4 is 11.1 Å². The van der Waals surface area contributed by atoms with E-state index in [0.29, 0.717) is 6.41 Å². The minimum absolute atomic E-state index is 0.126. The van der Waals surface area contributed by atoms with Crippen LogP contribution in [0.5, 0.6) is 0 Å². The Balaban J connectivity index is 3.37. The van der Waals surface area contributed by atoms with E-state index in [2.05, 4.69) is 11.1 Å². The van der Waals surface area contributed by atoms with Crippen LogP contribution >= 0.6 is 0 Å². The van der Waals surface area contributed by atoms with Gasteiger partial charge >= 0.3 is 0 Å². The molecule has 1 unspecified atom stereocenters. The van der Waals surface area contributed by atoms with Crippen molar-refractivity contribution in [2.24, 2.45) is 5.73 Å². The molecular weight excluding hydrogens is 124 g/mol. The van der Waals surface area contributed by atoms with Gasteiger partial charge in [0, 0.05) is 0 Å². The summed E-state index contributed by atoms with van der Waals surface area (Å²) in [4.78, 5) is 19.6. The summed E-state index contributed by atoms with van der Waals surface area (Å²) >= 11 is 0. The first-order chi connectivity index (χ1) is 4.18. The standard InChI is InChI=1S/C4H8N2O3/c5-4(9)3(8)1-6-2-7/h2-3,8H,1H2,(H2,5,9)(H,6,7). The number of hydrogen-bond donors (Lipinski definition) is 3. The van der Waals surface area contributed by atoms with Crippen molar-refractivity contribution >= 4 is 12.3 Å². The van der Waals surface area contributed by atoms with Gasteiger partial charge in [0.25, 0.3) is 0 Å². The molecule has 5 heteroatoms. The van der Waals surface area contributed by atoms with Crippen LogP contribution in [0.4, 0.5) is 0 Å². The second-order valence-electron chi connectivity index (χ2n) is 1.44. The van der Waals surface area contributed by atoms with Crippen LogP contribution in [0.3, 0.4) is 0 Å². The van der Waals surface area contributed by atoms with Gasteiger partial charge < -0.3 is 16.2 Å². The van der Waals surface area contributed by atoms with Gasteiger partial charge in [-0.2, -0.15) is 0 Å². The highest BCUT2D eigenvalue weighted by atomic mass is 16.3. The van der Waals surface area contributed by atoms with Crippen molar-refractivity contribution in [1.82, 2.24) is 5.32 Å². The average Bonchev–Trinajstić information content (AvgIpc) is 1.82. The predicted octanol–water partition coefficient (Wildman–Crippen LogP) is -2.42. The number of aliphatic hydroxyl groups is 1. The van der Waals surface area contributed by atoms with Crippen molar-refractivity contribution in [2.75, 3.05) is 6.54 Å². The van der Waals surface area contributed by atoms with Crippen LogP contribution in [0.15, 0.2) is 0 Å². The molecule has 0 saturated carbocycles. The number of aliphatic hydroxyl groups excluding tert-OH is 1. The highest BCUT2D eigenvalue weighted by Gasteiger charge is 2.07. The molecule has 0 heterocycles. The molecule has 4 N–H and O–H groups in total. The van der Waals surface area contributed by atoms with Gasteiger partial charge in [-0.3, -0.25) is 9.59 Å². The molecule has 5 nitrogen and oxygen atoms in total. The molecule has 0 rings (SSSR count).